The summed E-state index contributed by atoms with van der Waals surface area (Å²) in [6.07, 6.45) is 0. The number of halogens is 1. The van der Waals surface area contributed by atoms with E-state index in [0.29, 0.717) is 60.3 Å². The summed E-state index contributed by atoms with van der Waals surface area (Å²) >= 11 is 0. The van der Waals surface area contributed by atoms with Gasteiger partial charge in [0.05, 0.1) is 11.7 Å². The van der Waals surface area contributed by atoms with Crippen molar-refractivity contribution in [2.45, 2.75) is 19.9 Å². The van der Waals surface area contributed by atoms with Crippen molar-refractivity contribution in [3.8, 4) is 0 Å². The predicted octanol–water partition coefficient (Wildman–Crippen LogP) is 5.55. The molecular formula is C30H29FN6O3. The van der Waals surface area contributed by atoms with E-state index in [4.69, 9.17) is 4.52 Å². The number of carbonyl (C=O) groups is 2. The van der Waals surface area contributed by atoms with Crippen molar-refractivity contribution < 1.29 is 18.5 Å². The van der Waals surface area contributed by atoms with Gasteiger partial charge in [-0.15, -0.1) is 0 Å². The van der Waals surface area contributed by atoms with Crippen LogP contribution in [0.15, 0.2) is 71.3 Å². The maximum atomic E-state index is 15.2. The summed E-state index contributed by atoms with van der Waals surface area (Å²) in [4.78, 5) is 29.8. The number of anilines is 4. The van der Waals surface area contributed by atoms with E-state index in [1.165, 1.54) is 6.07 Å². The van der Waals surface area contributed by atoms with Gasteiger partial charge in [-0.1, -0.05) is 41.6 Å². The third-order valence-corrected chi connectivity index (χ3v) is 7.50. The Morgan fingerprint density at radius 1 is 0.975 bits per heavy atom. The molecule has 6 rings (SSSR count). The Kier molecular flexibility index (Phi) is 6.69. The summed E-state index contributed by atoms with van der Waals surface area (Å²) in [5.74, 6) is -0.0316. The fraction of sp³-hybridized carbons (Fsp3) is 0.233. The molecule has 0 radical (unpaired) electrons. The molecule has 0 spiro atoms. The van der Waals surface area contributed by atoms with E-state index in [1.54, 1.807) is 26.0 Å². The molecule has 1 saturated heterocycles. The SMILES string of the molecule is Cc1noc(C)c1NC(=O)Nc1ccc(N2CCN(C3c4ccccc4NC(=O)c4ccccc43)CC2)c(F)c1. The third-order valence-electron chi connectivity index (χ3n) is 7.50. The van der Waals surface area contributed by atoms with Crippen molar-refractivity contribution in [2.24, 2.45) is 0 Å². The summed E-state index contributed by atoms with van der Waals surface area (Å²) in [5, 5.41) is 12.2. The number of piperazine rings is 1. The van der Waals surface area contributed by atoms with E-state index < -0.39 is 11.8 Å². The van der Waals surface area contributed by atoms with Crippen molar-refractivity contribution in [3.63, 3.8) is 0 Å². The normalized spacial score (nSPS) is 16.9. The monoisotopic (exact) mass is 540 g/mol. The highest BCUT2D eigenvalue weighted by molar-refractivity contribution is 6.07. The molecule has 4 aromatic rings. The largest absolute Gasteiger partial charge is 0.367 e. The molecule has 2 aliphatic heterocycles. The number of amides is 3. The molecule has 204 valence electrons. The van der Waals surface area contributed by atoms with Gasteiger partial charge in [0.15, 0.2) is 5.76 Å². The van der Waals surface area contributed by atoms with Crippen molar-refractivity contribution in [1.82, 2.24) is 10.1 Å². The minimum absolute atomic E-state index is 0.0962. The molecule has 1 unspecified atom stereocenters. The van der Waals surface area contributed by atoms with Gasteiger partial charge in [-0.25, -0.2) is 9.18 Å². The molecule has 1 atom stereocenters. The molecule has 1 aromatic heterocycles. The van der Waals surface area contributed by atoms with Crippen molar-refractivity contribution in [3.05, 3.63) is 101 Å². The average molecular weight is 541 g/mol. The van der Waals surface area contributed by atoms with Gasteiger partial charge >= 0.3 is 6.03 Å². The van der Waals surface area contributed by atoms with Crippen LogP contribution in [0.2, 0.25) is 0 Å². The fourth-order valence-corrected chi connectivity index (χ4v) is 5.54. The zero-order chi connectivity index (χ0) is 27.8. The number of aryl methyl sites for hydroxylation is 2. The Morgan fingerprint density at radius 3 is 2.42 bits per heavy atom. The van der Waals surface area contributed by atoms with Gasteiger partial charge in [-0.3, -0.25) is 9.69 Å². The van der Waals surface area contributed by atoms with Gasteiger partial charge in [-0.2, -0.15) is 0 Å². The van der Waals surface area contributed by atoms with Gasteiger partial charge in [0.25, 0.3) is 5.91 Å². The Morgan fingerprint density at radius 2 is 1.70 bits per heavy atom. The average Bonchev–Trinajstić information content (AvgIpc) is 3.20. The quantitative estimate of drug-likeness (QED) is 0.314. The molecule has 3 N–H and O–H groups in total. The second-order valence-electron chi connectivity index (χ2n) is 10.00. The molecular weight excluding hydrogens is 511 g/mol. The highest BCUT2D eigenvalue weighted by Gasteiger charge is 2.33. The molecule has 9 nitrogen and oxygen atoms in total. The maximum absolute atomic E-state index is 15.2. The lowest BCUT2D eigenvalue weighted by atomic mass is 9.93. The van der Waals surface area contributed by atoms with E-state index >= 15 is 4.39 Å². The Labute approximate surface area is 230 Å². The number of fused-ring (bicyclic) bond motifs is 2. The zero-order valence-electron chi connectivity index (χ0n) is 22.2. The van der Waals surface area contributed by atoms with E-state index in [0.717, 1.165) is 16.8 Å². The van der Waals surface area contributed by atoms with E-state index in [-0.39, 0.29) is 11.9 Å². The first-order valence-electron chi connectivity index (χ1n) is 13.2. The van der Waals surface area contributed by atoms with E-state index in [9.17, 15) is 9.59 Å². The Balaban J connectivity index is 1.16. The Bertz CT molecular complexity index is 1570. The van der Waals surface area contributed by atoms with E-state index in [1.807, 2.05) is 47.4 Å². The zero-order valence-corrected chi connectivity index (χ0v) is 22.2. The number of aromatic nitrogens is 1. The topological polar surface area (TPSA) is 103 Å². The lowest BCUT2D eigenvalue weighted by molar-refractivity contribution is 0.102. The first kappa shape index (κ1) is 25.6. The number of hydrogen-bond donors (Lipinski definition) is 3. The number of hydrogen-bond acceptors (Lipinski definition) is 6. The van der Waals surface area contributed by atoms with Crippen LogP contribution in [-0.4, -0.2) is 48.2 Å². The maximum Gasteiger partial charge on any atom is 0.323 e. The van der Waals surface area contributed by atoms with Gasteiger partial charge < -0.3 is 25.4 Å². The lowest BCUT2D eigenvalue weighted by Gasteiger charge is -2.41. The predicted molar refractivity (Wildman–Crippen MR) is 151 cm³/mol. The van der Waals surface area contributed by atoms with Crippen molar-refractivity contribution in [1.29, 1.82) is 0 Å². The molecule has 0 saturated carbocycles. The van der Waals surface area contributed by atoms with Crippen LogP contribution >= 0.6 is 0 Å². The number of urea groups is 1. The second-order valence-corrected chi connectivity index (χ2v) is 10.00. The smallest absolute Gasteiger partial charge is 0.323 e. The summed E-state index contributed by atoms with van der Waals surface area (Å²) < 4.78 is 20.3. The molecule has 0 aliphatic carbocycles. The number of rotatable bonds is 4. The van der Waals surface area contributed by atoms with Crippen LogP contribution in [0.5, 0.6) is 0 Å². The van der Waals surface area contributed by atoms with E-state index in [2.05, 4.69) is 32.1 Å². The lowest BCUT2D eigenvalue weighted by Crippen LogP contribution is -2.48. The summed E-state index contributed by atoms with van der Waals surface area (Å²) in [6, 6.07) is 19.7. The summed E-state index contributed by atoms with van der Waals surface area (Å²) in [5.41, 5.74) is 5.37. The molecule has 0 bridgehead atoms. The van der Waals surface area contributed by atoms with Gasteiger partial charge in [-0.05, 0) is 55.3 Å². The van der Waals surface area contributed by atoms with Crippen LogP contribution in [0.1, 0.15) is 39.0 Å². The number of benzene rings is 3. The van der Waals surface area contributed by atoms with Crippen LogP contribution < -0.4 is 20.9 Å². The van der Waals surface area contributed by atoms with Gasteiger partial charge in [0.2, 0.25) is 0 Å². The van der Waals surface area contributed by atoms with Crippen molar-refractivity contribution in [2.75, 3.05) is 47.0 Å². The number of carbonyl (C=O) groups excluding carboxylic acids is 2. The highest BCUT2D eigenvalue weighted by Crippen LogP contribution is 2.39. The molecule has 10 heteroatoms. The highest BCUT2D eigenvalue weighted by atomic mass is 19.1. The first-order valence-corrected chi connectivity index (χ1v) is 13.2. The third kappa shape index (κ3) is 4.77. The number of nitrogens with zero attached hydrogens (tertiary/aromatic N) is 3. The van der Waals surface area contributed by atoms with Crippen molar-refractivity contribution >= 4 is 34.7 Å². The minimum Gasteiger partial charge on any atom is -0.367 e. The molecule has 3 heterocycles. The molecule has 1 fully saturated rings. The first-order chi connectivity index (χ1) is 19.4. The second kappa shape index (κ2) is 10.5. The van der Waals surface area contributed by atoms with Gasteiger partial charge in [0.1, 0.15) is 17.2 Å². The molecule has 40 heavy (non-hydrogen) atoms. The van der Waals surface area contributed by atoms with Crippen LogP contribution in [0.3, 0.4) is 0 Å². The molecule has 2 aliphatic rings. The van der Waals surface area contributed by atoms with Crippen LogP contribution in [0, 0.1) is 19.7 Å². The van der Waals surface area contributed by atoms with Crippen LogP contribution in [0.4, 0.5) is 31.9 Å². The number of para-hydroxylation sites is 1. The summed E-state index contributed by atoms with van der Waals surface area (Å²) in [6.45, 7) is 6.01. The Hall–Kier alpha value is -4.70. The summed E-state index contributed by atoms with van der Waals surface area (Å²) in [7, 11) is 0. The van der Waals surface area contributed by atoms with Crippen LogP contribution in [0.25, 0.3) is 0 Å². The minimum atomic E-state index is -0.507. The molecule has 3 aromatic carbocycles. The van der Waals surface area contributed by atoms with Crippen LogP contribution in [-0.2, 0) is 0 Å². The standard InChI is InChI=1S/C30H29FN6O3/c1-18-27(19(2)40-35-18)34-30(39)32-20-11-12-26(24(31)17-20)36-13-15-37(16-14-36)28-21-7-3-4-8-22(21)29(38)33-25-10-6-5-9-23(25)28/h3-12,17,28H,13-16H2,1-2H3,(H,33,38)(H2,32,34,39). The fourth-order valence-electron chi connectivity index (χ4n) is 5.54. The van der Waals surface area contributed by atoms with Gasteiger partial charge in [0, 0.05) is 43.1 Å². The molecule has 3 amide bonds. The number of nitrogens with one attached hydrogen (secondary N) is 3.